The lowest BCUT2D eigenvalue weighted by molar-refractivity contribution is 0.00630. The fourth-order valence-electron chi connectivity index (χ4n) is 3.86. The smallest absolute Gasteiger partial charge is 0.124 e. The number of fused-ring (bicyclic) bond motifs is 3. The van der Waals surface area contributed by atoms with E-state index < -0.39 is 0 Å². The zero-order valence-corrected chi connectivity index (χ0v) is 14.5. The van der Waals surface area contributed by atoms with E-state index in [2.05, 4.69) is 26.6 Å². The van der Waals surface area contributed by atoms with E-state index in [-0.39, 0.29) is 6.10 Å². The van der Waals surface area contributed by atoms with Crippen LogP contribution in [0.15, 0.2) is 41.4 Å². The summed E-state index contributed by atoms with van der Waals surface area (Å²) >= 11 is 0. The maximum atomic E-state index is 5.76. The number of nitrogens with zero attached hydrogens (tertiary/aromatic N) is 5. The highest BCUT2D eigenvalue weighted by Crippen LogP contribution is 2.33. The highest BCUT2D eigenvalue weighted by Gasteiger charge is 2.26. The van der Waals surface area contributed by atoms with Gasteiger partial charge in [0.1, 0.15) is 23.1 Å². The van der Waals surface area contributed by atoms with Crippen molar-refractivity contribution >= 4 is 22.1 Å². The first-order valence-electron chi connectivity index (χ1n) is 8.91. The molecular formula is C19H19N5O2. The maximum Gasteiger partial charge on any atom is 0.124 e. The average molecular weight is 349 g/mol. The van der Waals surface area contributed by atoms with Gasteiger partial charge >= 0.3 is 0 Å². The monoisotopic (exact) mass is 349 g/mol. The first-order valence-corrected chi connectivity index (χ1v) is 8.91. The Labute approximate surface area is 150 Å². The minimum atomic E-state index is 0.229. The third-order valence-electron chi connectivity index (χ3n) is 5.00. The van der Waals surface area contributed by atoms with Gasteiger partial charge in [0.2, 0.25) is 0 Å². The minimum absolute atomic E-state index is 0.229. The fraction of sp³-hybridized carbons (Fsp3) is 0.368. The number of hydrogen-bond donors (Lipinski definition) is 0. The van der Waals surface area contributed by atoms with Crippen molar-refractivity contribution in [2.45, 2.75) is 38.3 Å². The van der Waals surface area contributed by atoms with Gasteiger partial charge in [-0.25, -0.2) is 4.98 Å². The molecule has 26 heavy (non-hydrogen) atoms. The first-order chi connectivity index (χ1) is 12.8. The zero-order valence-electron chi connectivity index (χ0n) is 14.5. The zero-order chi connectivity index (χ0) is 17.5. The molecule has 4 aromatic heterocycles. The predicted molar refractivity (Wildman–Crippen MR) is 95.8 cm³/mol. The number of rotatable bonds is 3. The largest absolute Gasteiger partial charge is 0.378 e. The van der Waals surface area contributed by atoms with E-state index >= 15 is 0 Å². The highest BCUT2D eigenvalue weighted by atomic mass is 16.5. The second-order valence-electron chi connectivity index (χ2n) is 6.79. The van der Waals surface area contributed by atoms with Crippen LogP contribution in [0.4, 0.5) is 0 Å². The summed E-state index contributed by atoms with van der Waals surface area (Å²) in [5.41, 5.74) is 4.56. The number of hydrogen-bond acceptors (Lipinski definition) is 6. The van der Waals surface area contributed by atoms with Gasteiger partial charge in [-0.15, -0.1) is 0 Å². The summed E-state index contributed by atoms with van der Waals surface area (Å²) in [5, 5.41) is 4.06. The molecule has 2 atom stereocenters. The van der Waals surface area contributed by atoms with Crippen molar-refractivity contribution in [1.82, 2.24) is 24.7 Å². The molecule has 0 unspecified atom stereocenters. The molecule has 1 aliphatic heterocycles. The van der Waals surface area contributed by atoms with Crippen molar-refractivity contribution in [2.24, 2.45) is 0 Å². The van der Waals surface area contributed by atoms with Crippen LogP contribution in [-0.2, 0) is 11.2 Å². The first kappa shape index (κ1) is 15.5. The molecule has 7 nitrogen and oxygen atoms in total. The quantitative estimate of drug-likeness (QED) is 0.565. The molecule has 1 saturated heterocycles. The van der Waals surface area contributed by atoms with Crippen LogP contribution < -0.4 is 0 Å². The molecule has 4 aromatic rings. The van der Waals surface area contributed by atoms with Gasteiger partial charge in [-0.1, -0.05) is 5.16 Å². The normalized spacial score (nSPS) is 20.8. The van der Waals surface area contributed by atoms with Crippen LogP contribution in [0.5, 0.6) is 0 Å². The predicted octanol–water partition coefficient (Wildman–Crippen LogP) is 3.30. The number of aromatic nitrogens is 5. The highest BCUT2D eigenvalue weighted by molar-refractivity contribution is 5.99. The Kier molecular flexibility index (Phi) is 3.67. The van der Waals surface area contributed by atoms with Gasteiger partial charge in [0.15, 0.2) is 0 Å². The Morgan fingerprint density at radius 1 is 1.23 bits per heavy atom. The van der Waals surface area contributed by atoms with E-state index in [9.17, 15) is 0 Å². The lowest BCUT2D eigenvalue weighted by atomic mass is 10.0. The van der Waals surface area contributed by atoms with E-state index in [1.165, 1.54) is 0 Å². The topological polar surface area (TPSA) is 78.9 Å². The lowest BCUT2D eigenvalue weighted by Crippen LogP contribution is -2.26. The molecule has 0 spiro atoms. The molecule has 0 N–H and O–H groups in total. The second kappa shape index (κ2) is 6.17. The Morgan fingerprint density at radius 3 is 3.04 bits per heavy atom. The molecule has 0 bridgehead atoms. The molecule has 0 aromatic carbocycles. The summed E-state index contributed by atoms with van der Waals surface area (Å²) in [7, 11) is 0. The Morgan fingerprint density at radius 2 is 2.19 bits per heavy atom. The van der Waals surface area contributed by atoms with E-state index in [0.29, 0.717) is 12.5 Å². The van der Waals surface area contributed by atoms with Crippen LogP contribution in [0.2, 0.25) is 0 Å². The average Bonchev–Trinajstić information content (AvgIpc) is 3.29. The van der Waals surface area contributed by atoms with Gasteiger partial charge in [-0.3, -0.25) is 9.97 Å². The summed E-state index contributed by atoms with van der Waals surface area (Å²) in [6.45, 7) is 2.88. The summed E-state index contributed by atoms with van der Waals surface area (Å²) in [4.78, 5) is 14.0. The SMILES string of the molecule is C[C@@H]1C[C@H](n2c(Cc3ccon3)nc3cnc4cccnc4c32)CCO1. The fourth-order valence-corrected chi connectivity index (χ4v) is 3.86. The minimum Gasteiger partial charge on any atom is -0.378 e. The standard InChI is InChI=1S/C19H19N5O2/c1-12-9-14(5-7-25-12)24-17(10-13-4-8-26-23-13)22-16-11-21-15-3-2-6-20-18(15)19(16)24/h2-4,6,8,11-12,14H,5,7,9-10H2,1H3/t12-,14-/m1/s1. The summed E-state index contributed by atoms with van der Waals surface area (Å²) < 4.78 is 13.1. The van der Waals surface area contributed by atoms with Crippen LogP contribution in [0.3, 0.4) is 0 Å². The molecule has 5 rings (SSSR count). The van der Waals surface area contributed by atoms with Crippen LogP contribution in [0, 0.1) is 0 Å². The van der Waals surface area contributed by atoms with Crippen LogP contribution >= 0.6 is 0 Å². The third-order valence-corrected chi connectivity index (χ3v) is 5.00. The molecule has 1 aliphatic rings. The maximum absolute atomic E-state index is 5.76. The van der Waals surface area contributed by atoms with Gasteiger partial charge in [-0.2, -0.15) is 0 Å². The molecule has 132 valence electrons. The molecule has 0 saturated carbocycles. The van der Waals surface area contributed by atoms with Gasteiger partial charge in [0.25, 0.3) is 0 Å². The van der Waals surface area contributed by atoms with Crippen molar-refractivity contribution < 1.29 is 9.26 Å². The van der Waals surface area contributed by atoms with Crippen molar-refractivity contribution in [3.05, 3.63) is 48.4 Å². The van der Waals surface area contributed by atoms with Crippen molar-refractivity contribution in [3.8, 4) is 0 Å². The van der Waals surface area contributed by atoms with Crippen molar-refractivity contribution in [2.75, 3.05) is 6.61 Å². The van der Waals surface area contributed by atoms with Crippen LogP contribution in [-0.4, -0.2) is 37.4 Å². The van der Waals surface area contributed by atoms with Gasteiger partial charge in [-0.05, 0) is 31.9 Å². The van der Waals surface area contributed by atoms with E-state index in [0.717, 1.165) is 53.0 Å². The Hall–Kier alpha value is -2.80. The summed E-state index contributed by atoms with van der Waals surface area (Å²) in [6, 6.07) is 6.10. The summed E-state index contributed by atoms with van der Waals surface area (Å²) in [6.07, 6.45) is 8.00. The number of imidazole rings is 1. The molecule has 0 aliphatic carbocycles. The molecule has 0 amide bonds. The van der Waals surface area contributed by atoms with Gasteiger partial charge < -0.3 is 13.8 Å². The van der Waals surface area contributed by atoms with Crippen LogP contribution in [0.25, 0.3) is 22.1 Å². The number of pyridine rings is 2. The van der Waals surface area contributed by atoms with Crippen molar-refractivity contribution in [3.63, 3.8) is 0 Å². The molecule has 7 heteroatoms. The Bertz CT molecular complexity index is 1060. The van der Waals surface area contributed by atoms with Gasteiger partial charge in [0, 0.05) is 24.9 Å². The molecule has 0 radical (unpaired) electrons. The summed E-state index contributed by atoms with van der Waals surface area (Å²) in [5.74, 6) is 0.966. The van der Waals surface area contributed by atoms with E-state index in [1.54, 1.807) is 6.26 Å². The van der Waals surface area contributed by atoms with E-state index in [4.69, 9.17) is 14.2 Å². The third kappa shape index (κ3) is 2.55. The Balaban J connectivity index is 1.74. The van der Waals surface area contributed by atoms with Crippen molar-refractivity contribution in [1.29, 1.82) is 0 Å². The molecule has 1 fully saturated rings. The molecule has 5 heterocycles. The second-order valence-corrected chi connectivity index (χ2v) is 6.79. The van der Waals surface area contributed by atoms with Crippen LogP contribution in [0.1, 0.15) is 37.3 Å². The van der Waals surface area contributed by atoms with E-state index in [1.807, 2.05) is 30.6 Å². The number of ether oxygens (including phenoxy) is 1. The lowest BCUT2D eigenvalue weighted by Gasteiger charge is -2.30. The van der Waals surface area contributed by atoms with Gasteiger partial charge in [0.05, 0.1) is 35.4 Å². The molecular weight excluding hydrogens is 330 g/mol.